The lowest BCUT2D eigenvalue weighted by molar-refractivity contribution is 0.500. The van der Waals surface area contributed by atoms with Crippen molar-refractivity contribution in [2.45, 2.75) is 32.2 Å². The van der Waals surface area contributed by atoms with E-state index in [2.05, 4.69) is 12.2 Å². The third-order valence-electron chi connectivity index (χ3n) is 3.20. The molecular weight excluding hydrogens is 241 g/mol. The minimum Gasteiger partial charge on any atom is -0.314 e. The first-order valence-corrected chi connectivity index (χ1v) is 6.59. The normalized spacial score (nSPS) is 17.4. The second kappa shape index (κ2) is 5.39. The predicted octanol–water partition coefficient (Wildman–Crippen LogP) is 3.92. The molecule has 16 heavy (non-hydrogen) atoms. The van der Waals surface area contributed by atoms with Gasteiger partial charge in [-0.3, -0.25) is 0 Å². The van der Waals surface area contributed by atoms with Gasteiger partial charge in [0.2, 0.25) is 0 Å². The van der Waals surface area contributed by atoms with Gasteiger partial charge in [0.05, 0.1) is 0 Å². The Morgan fingerprint density at radius 3 is 2.75 bits per heavy atom. The van der Waals surface area contributed by atoms with Crippen LogP contribution in [-0.4, -0.2) is 12.6 Å². The van der Waals surface area contributed by atoms with Gasteiger partial charge < -0.3 is 5.32 Å². The highest BCUT2D eigenvalue weighted by Gasteiger charge is 2.27. The van der Waals surface area contributed by atoms with Crippen LogP contribution in [0.5, 0.6) is 0 Å². The van der Waals surface area contributed by atoms with Crippen molar-refractivity contribution >= 4 is 23.2 Å². The molecular formula is C13H17Cl2N. The first-order valence-electron chi connectivity index (χ1n) is 5.84. The lowest BCUT2D eigenvalue weighted by Gasteiger charge is -2.12. The van der Waals surface area contributed by atoms with Gasteiger partial charge in [-0.2, -0.15) is 0 Å². The molecule has 1 nitrogen and oxygen atoms in total. The zero-order valence-corrected chi connectivity index (χ0v) is 11.0. The Hall–Kier alpha value is -0.240. The monoisotopic (exact) mass is 257 g/mol. The summed E-state index contributed by atoms with van der Waals surface area (Å²) in [6.07, 6.45) is 3.73. The van der Waals surface area contributed by atoms with Crippen molar-refractivity contribution in [3.8, 4) is 0 Å². The predicted molar refractivity (Wildman–Crippen MR) is 70.4 cm³/mol. The fourth-order valence-corrected chi connectivity index (χ4v) is 2.42. The lowest BCUT2D eigenvalue weighted by Crippen LogP contribution is -2.29. The van der Waals surface area contributed by atoms with Crippen molar-refractivity contribution < 1.29 is 0 Å². The maximum atomic E-state index is 6.11. The van der Waals surface area contributed by atoms with E-state index in [9.17, 15) is 0 Å². The van der Waals surface area contributed by atoms with E-state index in [1.54, 1.807) is 0 Å². The minimum atomic E-state index is 0.645. The van der Waals surface area contributed by atoms with E-state index in [-0.39, 0.29) is 0 Å². The fraction of sp³-hybridized carbons (Fsp3) is 0.538. The van der Waals surface area contributed by atoms with Gasteiger partial charge in [-0.1, -0.05) is 29.3 Å². The number of hydrogen-bond acceptors (Lipinski definition) is 1. The van der Waals surface area contributed by atoms with E-state index in [1.165, 1.54) is 18.4 Å². The fourth-order valence-electron chi connectivity index (χ4n) is 1.92. The maximum absolute atomic E-state index is 6.11. The smallest absolute Gasteiger partial charge is 0.0453 e. The molecule has 1 unspecified atom stereocenters. The third kappa shape index (κ3) is 3.38. The van der Waals surface area contributed by atoms with E-state index in [4.69, 9.17) is 23.2 Å². The Kier molecular flexibility index (Phi) is 4.12. The summed E-state index contributed by atoms with van der Waals surface area (Å²) in [5.41, 5.74) is 1.17. The number of nitrogens with one attached hydrogen (secondary N) is 1. The Morgan fingerprint density at radius 1 is 1.38 bits per heavy atom. The molecule has 0 radical (unpaired) electrons. The zero-order valence-electron chi connectivity index (χ0n) is 9.47. The molecule has 1 saturated carbocycles. The summed E-state index contributed by atoms with van der Waals surface area (Å²) >= 11 is 12.0. The van der Waals surface area contributed by atoms with Crippen molar-refractivity contribution in [1.29, 1.82) is 0 Å². The van der Waals surface area contributed by atoms with E-state index < -0.39 is 0 Å². The molecule has 0 spiro atoms. The third-order valence-corrected chi connectivity index (χ3v) is 3.79. The SMILES string of the molecule is CC(NCCc1ccc(Cl)cc1Cl)C1CC1. The van der Waals surface area contributed by atoms with E-state index >= 15 is 0 Å². The highest BCUT2D eigenvalue weighted by atomic mass is 35.5. The van der Waals surface area contributed by atoms with Gasteiger partial charge >= 0.3 is 0 Å². The number of benzene rings is 1. The molecule has 88 valence electrons. The topological polar surface area (TPSA) is 12.0 Å². The summed E-state index contributed by atoms with van der Waals surface area (Å²) < 4.78 is 0. The lowest BCUT2D eigenvalue weighted by atomic mass is 10.1. The molecule has 1 N–H and O–H groups in total. The van der Waals surface area contributed by atoms with Crippen LogP contribution in [0.15, 0.2) is 18.2 Å². The van der Waals surface area contributed by atoms with E-state index in [1.807, 2.05) is 18.2 Å². The van der Waals surface area contributed by atoms with Gasteiger partial charge in [0.1, 0.15) is 0 Å². The van der Waals surface area contributed by atoms with Crippen LogP contribution in [-0.2, 0) is 6.42 Å². The summed E-state index contributed by atoms with van der Waals surface area (Å²) in [4.78, 5) is 0. The Bertz CT molecular complexity index is 361. The summed E-state index contributed by atoms with van der Waals surface area (Å²) in [6.45, 7) is 3.25. The van der Waals surface area contributed by atoms with Crippen LogP contribution in [0.2, 0.25) is 10.0 Å². The van der Waals surface area contributed by atoms with Crippen LogP contribution in [0.25, 0.3) is 0 Å². The van der Waals surface area contributed by atoms with Crippen molar-refractivity contribution in [2.24, 2.45) is 5.92 Å². The first-order chi connectivity index (χ1) is 7.66. The molecule has 0 aliphatic heterocycles. The number of rotatable bonds is 5. The molecule has 0 amide bonds. The molecule has 1 atom stereocenters. The van der Waals surface area contributed by atoms with Crippen LogP contribution >= 0.6 is 23.2 Å². The van der Waals surface area contributed by atoms with Gasteiger partial charge in [0.15, 0.2) is 0 Å². The zero-order chi connectivity index (χ0) is 11.5. The van der Waals surface area contributed by atoms with Gasteiger partial charge in [-0.25, -0.2) is 0 Å². The Morgan fingerprint density at radius 2 is 2.12 bits per heavy atom. The van der Waals surface area contributed by atoms with Crippen molar-refractivity contribution in [2.75, 3.05) is 6.54 Å². The largest absolute Gasteiger partial charge is 0.314 e. The number of hydrogen-bond donors (Lipinski definition) is 1. The van der Waals surface area contributed by atoms with Crippen molar-refractivity contribution in [3.05, 3.63) is 33.8 Å². The quantitative estimate of drug-likeness (QED) is 0.843. The van der Waals surface area contributed by atoms with Crippen LogP contribution in [0.1, 0.15) is 25.3 Å². The maximum Gasteiger partial charge on any atom is 0.0453 e. The highest BCUT2D eigenvalue weighted by molar-refractivity contribution is 6.35. The molecule has 1 aromatic carbocycles. The summed E-state index contributed by atoms with van der Waals surface area (Å²) in [5, 5.41) is 5.02. The number of halogens is 2. The average molecular weight is 258 g/mol. The van der Waals surface area contributed by atoms with Crippen LogP contribution in [0.3, 0.4) is 0 Å². The molecule has 1 aliphatic rings. The summed E-state index contributed by atoms with van der Waals surface area (Å²) in [6, 6.07) is 6.36. The van der Waals surface area contributed by atoms with Crippen LogP contribution in [0, 0.1) is 5.92 Å². The molecule has 0 saturated heterocycles. The summed E-state index contributed by atoms with van der Waals surface area (Å²) in [7, 11) is 0. The summed E-state index contributed by atoms with van der Waals surface area (Å²) in [5.74, 6) is 0.903. The molecule has 0 heterocycles. The Balaban J connectivity index is 1.80. The highest BCUT2D eigenvalue weighted by Crippen LogP contribution is 2.32. The van der Waals surface area contributed by atoms with Crippen LogP contribution < -0.4 is 5.32 Å². The molecule has 3 heteroatoms. The average Bonchev–Trinajstić information content (AvgIpc) is 3.04. The second-order valence-electron chi connectivity index (χ2n) is 4.57. The van der Waals surface area contributed by atoms with Crippen LogP contribution in [0.4, 0.5) is 0 Å². The van der Waals surface area contributed by atoms with Crippen molar-refractivity contribution in [3.63, 3.8) is 0 Å². The van der Waals surface area contributed by atoms with Gasteiger partial charge in [0, 0.05) is 16.1 Å². The van der Waals surface area contributed by atoms with E-state index in [0.717, 1.165) is 23.9 Å². The van der Waals surface area contributed by atoms with E-state index in [0.29, 0.717) is 11.1 Å². The molecule has 1 fully saturated rings. The van der Waals surface area contributed by atoms with Gasteiger partial charge in [0.25, 0.3) is 0 Å². The molecule has 2 rings (SSSR count). The molecule has 0 aromatic heterocycles. The standard InChI is InChI=1S/C13H17Cl2N/c1-9(10-2-3-10)16-7-6-11-4-5-12(14)8-13(11)15/h4-5,8-10,16H,2-3,6-7H2,1H3. The second-order valence-corrected chi connectivity index (χ2v) is 5.41. The minimum absolute atomic E-state index is 0.645. The Labute approximate surface area is 107 Å². The van der Waals surface area contributed by atoms with Gasteiger partial charge in [-0.15, -0.1) is 0 Å². The molecule has 1 aliphatic carbocycles. The first kappa shape index (κ1) is 12.2. The van der Waals surface area contributed by atoms with Crippen molar-refractivity contribution in [1.82, 2.24) is 5.32 Å². The van der Waals surface area contributed by atoms with Gasteiger partial charge in [-0.05, 0) is 56.3 Å². The molecule has 0 bridgehead atoms. The molecule has 1 aromatic rings.